The molecule has 0 amide bonds. The number of aromatic carboxylic acids is 1. The highest BCUT2D eigenvalue weighted by atomic mass is 32.2. The quantitative estimate of drug-likeness (QED) is 0.172. The van der Waals surface area contributed by atoms with Crippen LogP contribution in [0.25, 0.3) is 0 Å². The van der Waals surface area contributed by atoms with Crippen molar-refractivity contribution in [2.24, 2.45) is 5.14 Å². The molecular formula is C23H29F3N2O4S2. The zero-order chi connectivity index (χ0) is 25.3. The number of unbranched alkanes of at least 4 members (excludes halogenated alkanes) is 5. The third-order valence-electron chi connectivity index (χ3n) is 5.19. The molecule has 0 unspecified atom stereocenters. The van der Waals surface area contributed by atoms with E-state index in [1.54, 1.807) is 12.1 Å². The van der Waals surface area contributed by atoms with Crippen molar-refractivity contribution in [2.45, 2.75) is 61.7 Å². The second-order valence-corrected chi connectivity index (χ2v) is 10.4. The van der Waals surface area contributed by atoms with Crippen molar-refractivity contribution in [3.05, 3.63) is 52.8 Å². The number of sulfonamides is 1. The molecule has 0 saturated carbocycles. The maximum atomic E-state index is 15.2. The third kappa shape index (κ3) is 7.64. The number of aryl methyl sites for hydroxylation is 1. The summed E-state index contributed by atoms with van der Waals surface area (Å²) in [5, 5.41) is 16.6. The molecule has 0 aliphatic carbocycles. The van der Waals surface area contributed by atoms with Gasteiger partial charge in [0.15, 0.2) is 17.5 Å². The van der Waals surface area contributed by atoms with Gasteiger partial charge in [-0.15, -0.1) is 11.8 Å². The SMILES string of the molecule is CCCCCCCCNc1c(F)c(SCCc2ccc(C(=O)O)cc2)c(F)c(F)c1S(N)(=O)=O. The van der Waals surface area contributed by atoms with Crippen molar-refractivity contribution in [3.63, 3.8) is 0 Å². The Morgan fingerprint density at radius 1 is 1.00 bits per heavy atom. The van der Waals surface area contributed by atoms with Crippen LogP contribution in [-0.2, 0) is 16.4 Å². The number of primary sulfonamides is 1. The molecule has 0 aromatic heterocycles. The van der Waals surface area contributed by atoms with Gasteiger partial charge in [0.05, 0.1) is 16.1 Å². The van der Waals surface area contributed by atoms with Gasteiger partial charge in [0, 0.05) is 12.3 Å². The highest BCUT2D eigenvalue weighted by molar-refractivity contribution is 7.99. The van der Waals surface area contributed by atoms with Crippen molar-refractivity contribution >= 4 is 33.4 Å². The number of hydrogen-bond donors (Lipinski definition) is 3. The number of nitrogens with two attached hydrogens (primary N) is 1. The second kappa shape index (κ2) is 13.0. The van der Waals surface area contributed by atoms with E-state index in [4.69, 9.17) is 10.2 Å². The van der Waals surface area contributed by atoms with E-state index in [-0.39, 0.29) is 17.9 Å². The molecule has 0 aliphatic rings. The molecule has 0 radical (unpaired) electrons. The van der Waals surface area contributed by atoms with Crippen molar-refractivity contribution in [1.29, 1.82) is 0 Å². The zero-order valence-corrected chi connectivity index (χ0v) is 20.5. The summed E-state index contributed by atoms with van der Waals surface area (Å²) in [5.74, 6) is -5.47. The van der Waals surface area contributed by atoms with Crippen molar-refractivity contribution in [3.8, 4) is 0 Å². The summed E-state index contributed by atoms with van der Waals surface area (Å²) in [4.78, 5) is 9.06. The summed E-state index contributed by atoms with van der Waals surface area (Å²) >= 11 is 0.698. The van der Waals surface area contributed by atoms with Gasteiger partial charge in [-0.1, -0.05) is 51.2 Å². The fraction of sp³-hybridized carbons (Fsp3) is 0.435. The molecule has 4 N–H and O–H groups in total. The van der Waals surface area contributed by atoms with Crippen LogP contribution in [0.3, 0.4) is 0 Å². The summed E-state index contributed by atoms with van der Waals surface area (Å²) in [6.45, 7) is 2.27. The summed E-state index contributed by atoms with van der Waals surface area (Å²) in [7, 11) is -4.73. The molecule has 2 aromatic carbocycles. The summed E-state index contributed by atoms with van der Waals surface area (Å²) in [5.41, 5.74) is 0.167. The predicted molar refractivity (Wildman–Crippen MR) is 127 cm³/mol. The first kappa shape index (κ1) is 28.0. The minimum Gasteiger partial charge on any atom is -0.478 e. The molecule has 6 nitrogen and oxygen atoms in total. The number of nitrogens with one attached hydrogen (secondary N) is 1. The second-order valence-electron chi connectivity index (χ2n) is 7.82. The normalized spacial score (nSPS) is 11.6. The third-order valence-corrected chi connectivity index (χ3v) is 7.20. The Morgan fingerprint density at radius 2 is 1.62 bits per heavy atom. The average Bonchev–Trinajstić information content (AvgIpc) is 2.78. The van der Waals surface area contributed by atoms with E-state index in [1.807, 2.05) is 0 Å². The van der Waals surface area contributed by atoms with E-state index >= 15 is 4.39 Å². The highest BCUT2D eigenvalue weighted by Gasteiger charge is 2.31. The number of carboxylic acids is 1. The lowest BCUT2D eigenvalue weighted by Crippen LogP contribution is -2.20. The number of carbonyl (C=O) groups is 1. The van der Waals surface area contributed by atoms with Gasteiger partial charge in [-0.25, -0.2) is 31.5 Å². The number of carboxylic acid groups (broad SMARTS) is 1. The molecule has 11 heteroatoms. The largest absolute Gasteiger partial charge is 0.478 e. The Labute approximate surface area is 202 Å². The van der Waals surface area contributed by atoms with Crippen molar-refractivity contribution in [1.82, 2.24) is 0 Å². The molecule has 0 heterocycles. The van der Waals surface area contributed by atoms with Gasteiger partial charge < -0.3 is 10.4 Å². The molecule has 34 heavy (non-hydrogen) atoms. The molecule has 0 saturated heterocycles. The van der Waals surface area contributed by atoms with E-state index in [2.05, 4.69) is 12.2 Å². The van der Waals surface area contributed by atoms with Crippen LogP contribution < -0.4 is 10.5 Å². The Balaban J connectivity index is 2.17. The number of halogens is 3. The Kier molecular flexibility index (Phi) is 10.7. The maximum absolute atomic E-state index is 15.2. The minimum atomic E-state index is -4.73. The van der Waals surface area contributed by atoms with Gasteiger partial charge in [-0.05, 0) is 30.5 Å². The van der Waals surface area contributed by atoms with E-state index < -0.39 is 48.9 Å². The van der Waals surface area contributed by atoms with Gasteiger partial charge in [0.2, 0.25) is 10.0 Å². The summed E-state index contributed by atoms with van der Waals surface area (Å²) in [6, 6.07) is 5.98. The lowest BCUT2D eigenvalue weighted by molar-refractivity contribution is 0.0697. The monoisotopic (exact) mass is 518 g/mol. The van der Waals surface area contributed by atoms with Crippen LogP contribution >= 0.6 is 11.8 Å². The summed E-state index contributed by atoms with van der Waals surface area (Å²) in [6.07, 6.45) is 5.95. The number of benzene rings is 2. The molecule has 0 aliphatic heterocycles. The van der Waals surface area contributed by atoms with Crippen LogP contribution in [-0.4, -0.2) is 31.8 Å². The van der Waals surface area contributed by atoms with Crippen LogP contribution in [0.4, 0.5) is 18.9 Å². The number of anilines is 1. The first-order chi connectivity index (χ1) is 16.1. The molecule has 0 bridgehead atoms. The van der Waals surface area contributed by atoms with Crippen LogP contribution in [0.15, 0.2) is 34.1 Å². The van der Waals surface area contributed by atoms with Crippen LogP contribution in [0.1, 0.15) is 61.4 Å². The van der Waals surface area contributed by atoms with E-state index in [9.17, 15) is 22.0 Å². The van der Waals surface area contributed by atoms with Gasteiger partial charge in [0.25, 0.3) is 0 Å². The number of thioether (sulfide) groups is 1. The van der Waals surface area contributed by atoms with Crippen LogP contribution in [0.5, 0.6) is 0 Å². The smallest absolute Gasteiger partial charge is 0.335 e. The zero-order valence-electron chi connectivity index (χ0n) is 18.9. The van der Waals surface area contributed by atoms with Crippen molar-refractivity contribution in [2.75, 3.05) is 17.6 Å². The predicted octanol–water partition coefficient (Wildman–Crippen LogP) is 5.56. The van der Waals surface area contributed by atoms with Crippen LogP contribution in [0.2, 0.25) is 0 Å². The highest BCUT2D eigenvalue weighted by Crippen LogP contribution is 2.37. The summed E-state index contributed by atoms with van der Waals surface area (Å²) < 4.78 is 68.2. The van der Waals surface area contributed by atoms with Gasteiger partial charge in [-0.3, -0.25) is 0 Å². The van der Waals surface area contributed by atoms with E-state index in [0.717, 1.165) is 37.7 Å². The fourth-order valence-electron chi connectivity index (χ4n) is 3.37. The van der Waals surface area contributed by atoms with Crippen molar-refractivity contribution < 1.29 is 31.5 Å². The van der Waals surface area contributed by atoms with Gasteiger partial charge in [-0.2, -0.15) is 0 Å². The lowest BCUT2D eigenvalue weighted by Gasteiger charge is -2.16. The molecule has 0 fully saturated rings. The average molecular weight is 519 g/mol. The minimum absolute atomic E-state index is 0.107. The number of rotatable bonds is 14. The maximum Gasteiger partial charge on any atom is 0.335 e. The van der Waals surface area contributed by atoms with Crippen LogP contribution in [0, 0.1) is 17.5 Å². The van der Waals surface area contributed by atoms with E-state index in [0.29, 0.717) is 24.6 Å². The molecule has 0 spiro atoms. The van der Waals surface area contributed by atoms with E-state index in [1.165, 1.54) is 12.1 Å². The molecule has 0 atom stereocenters. The lowest BCUT2D eigenvalue weighted by atomic mass is 10.1. The molecule has 2 rings (SSSR count). The van der Waals surface area contributed by atoms with Gasteiger partial charge >= 0.3 is 5.97 Å². The fourth-order valence-corrected chi connectivity index (χ4v) is 5.15. The molecular weight excluding hydrogens is 489 g/mol. The molecule has 2 aromatic rings. The Hall–Kier alpha value is -2.24. The first-order valence-electron chi connectivity index (χ1n) is 11.0. The Morgan fingerprint density at radius 3 is 2.21 bits per heavy atom. The number of hydrogen-bond acceptors (Lipinski definition) is 5. The molecule has 188 valence electrons. The van der Waals surface area contributed by atoms with Gasteiger partial charge in [0.1, 0.15) is 4.90 Å². The first-order valence-corrected chi connectivity index (χ1v) is 13.5. The Bertz CT molecular complexity index is 1090. The topological polar surface area (TPSA) is 109 Å². The standard InChI is InChI=1S/C23H29F3N2O4S2/c1-2-3-4-5-6-7-13-28-20-19(26)21(17(24)18(25)22(20)34(27,31)32)33-14-12-15-8-10-16(11-9-15)23(29)30/h8-11,28H,2-7,12-14H2,1H3,(H,29,30)(H2,27,31,32).